The predicted octanol–water partition coefficient (Wildman–Crippen LogP) is 2.40. The van der Waals surface area contributed by atoms with Gasteiger partial charge in [-0.05, 0) is 11.1 Å². The summed E-state index contributed by atoms with van der Waals surface area (Å²) in [5.41, 5.74) is 3.95. The number of nitrogens with zero attached hydrogens (tertiary/aromatic N) is 2. The van der Waals surface area contributed by atoms with Crippen molar-refractivity contribution in [1.82, 2.24) is 10.3 Å². The molecule has 1 N–H and O–H groups in total. The molecule has 20 heavy (non-hydrogen) atoms. The fraction of sp³-hybridized carbons (Fsp3) is 0.400. The van der Waals surface area contributed by atoms with E-state index in [2.05, 4.69) is 39.9 Å². The number of methoxy groups -OCH3 is 1. The summed E-state index contributed by atoms with van der Waals surface area (Å²) in [6, 6.07) is 8.62. The van der Waals surface area contributed by atoms with Gasteiger partial charge in [-0.1, -0.05) is 24.3 Å². The van der Waals surface area contributed by atoms with Gasteiger partial charge >= 0.3 is 0 Å². The van der Waals surface area contributed by atoms with E-state index in [1.54, 1.807) is 18.4 Å². The van der Waals surface area contributed by atoms with Crippen molar-refractivity contribution in [3.8, 4) is 0 Å². The lowest BCUT2D eigenvalue weighted by atomic mass is 10.1. The van der Waals surface area contributed by atoms with Crippen molar-refractivity contribution < 1.29 is 4.74 Å². The minimum Gasteiger partial charge on any atom is -0.383 e. The first-order valence-electron chi connectivity index (χ1n) is 6.82. The Morgan fingerprint density at radius 3 is 2.75 bits per heavy atom. The van der Waals surface area contributed by atoms with Crippen LogP contribution in [0.5, 0.6) is 0 Å². The van der Waals surface area contributed by atoms with Crippen molar-refractivity contribution in [1.29, 1.82) is 0 Å². The summed E-state index contributed by atoms with van der Waals surface area (Å²) in [5.74, 6) is 0. The fourth-order valence-electron chi connectivity index (χ4n) is 2.38. The minimum atomic E-state index is 0.735. The third-order valence-corrected chi connectivity index (χ3v) is 4.39. The molecule has 0 aliphatic carbocycles. The highest BCUT2D eigenvalue weighted by Gasteiger charge is 2.20. The molecule has 0 amide bonds. The number of benzene rings is 1. The van der Waals surface area contributed by atoms with E-state index in [0.717, 1.165) is 43.6 Å². The van der Waals surface area contributed by atoms with Gasteiger partial charge in [0.2, 0.25) is 0 Å². The Bertz CT molecular complexity index is 545. The summed E-state index contributed by atoms with van der Waals surface area (Å²) in [7, 11) is 1.72. The Morgan fingerprint density at radius 1 is 1.30 bits per heavy atom. The van der Waals surface area contributed by atoms with Gasteiger partial charge in [-0.3, -0.25) is 0 Å². The van der Waals surface area contributed by atoms with Crippen LogP contribution in [0.15, 0.2) is 29.6 Å². The molecule has 2 aromatic rings. The molecule has 0 bridgehead atoms. The van der Waals surface area contributed by atoms with E-state index < -0.39 is 0 Å². The monoisotopic (exact) mass is 289 g/mol. The first-order chi connectivity index (χ1) is 9.86. The third-order valence-electron chi connectivity index (χ3n) is 3.44. The standard InChI is InChI=1S/C15H19N3OS/c1-19-7-6-16-8-14-11-20-15(17-14)18-9-12-4-2-3-5-13(12)10-18/h2-5,11,16H,6-10H2,1H3. The number of nitrogens with one attached hydrogen (secondary N) is 1. The van der Waals surface area contributed by atoms with Crippen LogP contribution in [0.25, 0.3) is 0 Å². The second-order valence-corrected chi connectivity index (χ2v) is 5.75. The van der Waals surface area contributed by atoms with E-state index in [9.17, 15) is 0 Å². The molecule has 3 rings (SSSR count). The number of fused-ring (bicyclic) bond motifs is 1. The maximum Gasteiger partial charge on any atom is 0.186 e. The van der Waals surface area contributed by atoms with E-state index in [1.165, 1.54) is 11.1 Å². The zero-order chi connectivity index (χ0) is 13.8. The van der Waals surface area contributed by atoms with Crippen LogP contribution in [0, 0.1) is 0 Å². The van der Waals surface area contributed by atoms with Crippen LogP contribution >= 0.6 is 11.3 Å². The number of hydrogen-bond acceptors (Lipinski definition) is 5. The number of aromatic nitrogens is 1. The molecule has 1 aromatic carbocycles. The number of thiazole rings is 1. The normalized spacial score (nSPS) is 13.8. The van der Waals surface area contributed by atoms with Crippen molar-refractivity contribution in [2.45, 2.75) is 19.6 Å². The van der Waals surface area contributed by atoms with Gasteiger partial charge in [-0.25, -0.2) is 4.98 Å². The lowest BCUT2D eigenvalue weighted by molar-refractivity contribution is 0.199. The van der Waals surface area contributed by atoms with E-state index in [4.69, 9.17) is 9.72 Å². The van der Waals surface area contributed by atoms with Crippen molar-refractivity contribution in [3.05, 3.63) is 46.5 Å². The zero-order valence-corrected chi connectivity index (χ0v) is 12.4. The van der Waals surface area contributed by atoms with E-state index in [0.29, 0.717) is 0 Å². The molecule has 0 radical (unpaired) electrons. The molecule has 0 saturated heterocycles. The largest absolute Gasteiger partial charge is 0.383 e. The Labute approximate surface area is 123 Å². The molecule has 1 aliphatic rings. The van der Waals surface area contributed by atoms with Crippen molar-refractivity contribution in [2.24, 2.45) is 0 Å². The van der Waals surface area contributed by atoms with Crippen LogP contribution in [-0.4, -0.2) is 25.2 Å². The summed E-state index contributed by atoms with van der Waals surface area (Å²) in [4.78, 5) is 7.06. The molecule has 4 nitrogen and oxygen atoms in total. The van der Waals surface area contributed by atoms with Crippen LogP contribution in [0.1, 0.15) is 16.8 Å². The quantitative estimate of drug-likeness (QED) is 0.829. The number of rotatable bonds is 6. The number of anilines is 1. The highest BCUT2D eigenvalue weighted by atomic mass is 32.1. The predicted molar refractivity (Wildman–Crippen MR) is 82.0 cm³/mol. The highest BCUT2D eigenvalue weighted by molar-refractivity contribution is 7.13. The SMILES string of the molecule is COCCNCc1csc(N2Cc3ccccc3C2)n1. The van der Waals surface area contributed by atoms with Crippen LogP contribution in [-0.2, 0) is 24.4 Å². The molecule has 0 fully saturated rings. The molecule has 0 saturated carbocycles. The van der Waals surface area contributed by atoms with Crippen molar-refractivity contribution >= 4 is 16.5 Å². The maximum absolute atomic E-state index is 5.01. The second kappa shape index (κ2) is 6.35. The van der Waals surface area contributed by atoms with E-state index >= 15 is 0 Å². The van der Waals surface area contributed by atoms with Gasteiger partial charge < -0.3 is 15.0 Å². The first-order valence-corrected chi connectivity index (χ1v) is 7.70. The van der Waals surface area contributed by atoms with Gasteiger partial charge in [-0.15, -0.1) is 11.3 Å². The minimum absolute atomic E-state index is 0.735. The summed E-state index contributed by atoms with van der Waals surface area (Å²) in [6.07, 6.45) is 0. The lowest BCUT2D eigenvalue weighted by Crippen LogP contribution is -2.19. The van der Waals surface area contributed by atoms with Gasteiger partial charge in [0, 0.05) is 38.7 Å². The first kappa shape index (κ1) is 13.5. The smallest absolute Gasteiger partial charge is 0.186 e. The Morgan fingerprint density at radius 2 is 2.05 bits per heavy atom. The molecule has 0 atom stereocenters. The Kier molecular flexibility index (Phi) is 4.30. The zero-order valence-electron chi connectivity index (χ0n) is 11.6. The number of hydrogen-bond donors (Lipinski definition) is 1. The second-order valence-electron chi connectivity index (χ2n) is 4.92. The van der Waals surface area contributed by atoms with Crippen LogP contribution < -0.4 is 10.2 Å². The maximum atomic E-state index is 5.01. The van der Waals surface area contributed by atoms with Gasteiger partial charge in [0.25, 0.3) is 0 Å². The Balaban J connectivity index is 1.58. The lowest BCUT2D eigenvalue weighted by Gasteiger charge is -2.12. The number of ether oxygens (including phenoxy) is 1. The average Bonchev–Trinajstić information content (AvgIpc) is 3.09. The third kappa shape index (κ3) is 3.00. The molecule has 1 aliphatic heterocycles. The van der Waals surface area contributed by atoms with Crippen LogP contribution in [0.4, 0.5) is 5.13 Å². The average molecular weight is 289 g/mol. The summed E-state index contributed by atoms with van der Waals surface area (Å²) in [6.45, 7) is 4.35. The van der Waals surface area contributed by atoms with Gasteiger partial charge in [-0.2, -0.15) is 0 Å². The fourth-order valence-corrected chi connectivity index (χ4v) is 3.21. The van der Waals surface area contributed by atoms with E-state index in [-0.39, 0.29) is 0 Å². The Hall–Kier alpha value is -1.43. The highest BCUT2D eigenvalue weighted by Crippen LogP contribution is 2.30. The van der Waals surface area contributed by atoms with Gasteiger partial charge in [0.15, 0.2) is 5.13 Å². The molecular weight excluding hydrogens is 270 g/mol. The van der Waals surface area contributed by atoms with Crippen LogP contribution in [0.3, 0.4) is 0 Å². The summed E-state index contributed by atoms with van der Waals surface area (Å²) >= 11 is 1.72. The van der Waals surface area contributed by atoms with Gasteiger partial charge in [0.1, 0.15) is 0 Å². The van der Waals surface area contributed by atoms with E-state index in [1.807, 2.05) is 0 Å². The molecule has 2 heterocycles. The molecular formula is C15H19N3OS. The van der Waals surface area contributed by atoms with Crippen molar-refractivity contribution in [2.75, 3.05) is 25.2 Å². The van der Waals surface area contributed by atoms with Crippen LogP contribution in [0.2, 0.25) is 0 Å². The van der Waals surface area contributed by atoms with Crippen molar-refractivity contribution in [3.63, 3.8) is 0 Å². The topological polar surface area (TPSA) is 37.4 Å². The summed E-state index contributed by atoms with van der Waals surface area (Å²) < 4.78 is 5.01. The van der Waals surface area contributed by atoms with Gasteiger partial charge in [0.05, 0.1) is 12.3 Å². The summed E-state index contributed by atoms with van der Waals surface area (Å²) in [5, 5.41) is 6.58. The molecule has 1 aromatic heterocycles. The molecule has 0 spiro atoms. The molecule has 0 unspecified atom stereocenters. The molecule has 106 valence electrons. The molecule has 5 heteroatoms.